The molecule has 0 saturated carbocycles. The number of pyridine rings is 1. The Morgan fingerprint density at radius 2 is 2.15 bits per heavy atom. The summed E-state index contributed by atoms with van der Waals surface area (Å²) < 4.78 is 7.80. The standard InChI is InChI=1S/C12H9BrN4O3/c1-6-7(13)2-4-9-15-11(12(14)16(6)9)8-3-5-10(20-8)17(18)19/h2-5H,14H2,1H3. The highest BCUT2D eigenvalue weighted by Crippen LogP contribution is 2.32. The van der Waals surface area contributed by atoms with Crippen LogP contribution in [0.2, 0.25) is 0 Å². The lowest BCUT2D eigenvalue weighted by molar-refractivity contribution is -0.401. The molecule has 0 aliphatic carbocycles. The van der Waals surface area contributed by atoms with E-state index in [-0.39, 0.29) is 11.6 Å². The minimum atomic E-state index is -0.600. The molecule has 0 saturated heterocycles. The average Bonchev–Trinajstić information content (AvgIpc) is 2.99. The Labute approximate surface area is 121 Å². The Bertz CT molecular complexity index is 837. The topological polar surface area (TPSA) is 99.6 Å². The molecule has 0 fully saturated rings. The molecule has 0 radical (unpaired) electrons. The molecule has 0 aromatic carbocycles. The van der Waals surface area contributed by atoms with E-state index in [1.807, 2.05) is 13.0 Å². The number of fused-ring (bicyclic) bond motifs is 1. The monoisotopic (exact) mass is 336 g/mol. The first-order valence-electron chi connectivity index (χ1n) is 5.66. The van der Waals surface area contributed by atoms with Crippen LogP contribution >= 0.6 is 15.9 Å². The predicted molar refractivity (Wildman–Crippen MR) is 76.4 cm³/mol. The normalized spacial score (nSPS) is 11.1. The molecular formula is C12H9BrN4O3. The fraction of sp³-hybridized carbons (Fsp3) is 0.0833. The third-order valence-electron chi connectivity index (χ3n) is 3.00. The van der Waals surface area contributed by atoms with Crippen molar-refractivity contribution >= 4 is 33.3 Å². The van der Waals surface area contributed by atoms with Crippen LogP contribution in [0.5, 0.6) is 0 Å². The van der Waals surface area contributed by atoms with Gasteiger partial charge in [0, 0.05) is 10.2 Å². The van der Waals surface area contributed by atoms with Gasteiger partial charge in [0.15, 0.2) is 5.76 Å². The Kier molecular flexibility index (Phi) is 2.75. The maximum Gasteiger partial charge on any atom is 0.433 e. The van der Waals surface area contributed by atoms with Crippen molar-refractivity contribution in [1.29, 1.82) is 0 Å². The van der Waals surface area contributed by atoms with E-state index in [2.05, 4.69) is 20.9 Å². The fourth-order valence-electron chi connectivity index (χ4n) is 2.02. The lowest BCUT2D eigenvalue weighted by Gasteiger charge is -2.03. The molecule has 0 spiro atoms. The number of hydrogen-bond acceptors (Lipinski definition) is 5. The summed E-state index contributed by atoms with van der Waals surface area (Å²) in [5, 5.41) is 10.7. The van der Waals surface area contributed by atoms with Crippen LogP contribution in [-0.2, 0) is 0 Å². The average molecular weight is 337 g/mol. The minimum absolute atomic E-state index is 0.272. The molecule has 0 bridgehead atoms. The number of aromatic nitrogens is 2. The zero-order valence-electron chi connectivity index (χ0n) is 10.3. The molecular weight excluding hydrogens is 328 g/mol. The van der Waals surface area contributed by atoms with E-state index in [9.17, 15) is 10.1 Å². The van der Waals surface area contributed by atoms with E-state index in [1.165, 1.54) is 12.1 Å². The van der Waals surface area contributed by atoms with Gasteiger partial charge in [-0.25, -0.2) is 4.98 Å². The highest BCUT2D eigenvalue weighted by molar-refractivity contribution is 9.10. The number of imidazole rings is 1. The van der Waals surface area contributed by atoms with Gasteiger partial charge >= 0.3 is 5.88 Å². The Balaban J connectivity index is 2.24. The Morgan fingerprint density at radius 1 is 1.40 bits per heavy atom. The van der Waals surface area contributed by atoms with Crippen LogP contribution in [0.1, 0.15) is 5.69 Å². The highest BCUT2D eigenvalue weighted by Gasteiger charge is 2.19. The number of anilines is 1. The van der Waals surface area contributed by atoms with Crippen molar-refractivity contribution < 1.29 is 9.34 Å². The first kappa shape index (κ1) is 12.7. The molecule has 0 unspecified atom stereocenters. The smallest absolute Gasteiger partial charge is 0.399 e. The second-order valence-corrected chi connectivity index (χ2v) is 5.06. The van der Waals surface area contributed by atoms with Gasteiger partial charge in [-0.05, 0) is 41.1 Å². The number of halogens is 1. The molecule has 3 rings (SSSR count). The quantitative estimate of drug-likeness (QED) is 0.572. The molecule has 7 nitrogen and oxygen atoms in total. The molecule has 102 valence electrons. The molecule has 0 amide bonds. The van der Waals surface area contributed by atoms with Crippen molar-refractivity contribution in [2.45, 2.75) is 6.92 Å². The first-order chi connectivity index (χ1) is 9.49. The van der Waals surface area contributed by atoms with E-state index in [0.29, 0.717) is 17.2 Å². The molecule has 2 N–H and O–H groups in total. The number of nitro groups is 1. The molecule has 0 aliphatic heterocycles. The van der Waals surface area contributed by atoms with Crippen LogP contribution in [0.15, 0.2) is 33.2 Å². The summed E-state index contributed by atoms with van der Waals surface area (Å²) in [7, 11) is 0. The summed E-state index contributed by atoms with van der Waals surface area (Å²) in [6.45, 7) is 1.89. The zero-order chi connectivity index (χ0) is 14.4. The van der Waals surface area contributed by atoms with Gasteiger partial charge < -0.3 is 10.2 Å². The summed E-state index contributed by atoms with van der Waals surface area (Å²) in [6.07, 6.45) is 0. The van der Waals surface area contributed by atoms with E-state index in [1.54, 1.807) is 10.5 Å². The van der Waals surface area contributed by atoms with Crippen molar-refractivity contribution in [1.82, 2.24) is 9.38 Å². The summed E-state index contributed by atoms with van der Waals surface area (Å²) in [4.78, 5) is 14.4. The number of hydrogen-bond donors (Lipinski definition) is 1. The van der Waals surface area contributed by atoms with Gasteiger partial charge in [-0.2, -0.15) is 0 Å². The molecule has 3 heterocycles. The predicted octanol–water partition coefficient (Wildman–Crippen LogP) is 3.16. The highest BCUT2D eigenvalue weighted by atomic mass is 79.9. The summed E-state index contributed by atoms with van der Waals surface area (Å²) >= 11 is 3.42. The van der Waals surface area contributed by atoms with Gasteiger partial charge in [-0.3, -0.25) is 14.5 Å². The number of aryl methyl sites for hydroxylation is 1. The number of nitrogens with two attached hydrogens (primary N) is 1. The summed E-state index contributed by atoms with van der Waals surface area (Å²) in [6, 6.07) is 6.43. The SMILES string of the molecule is Cc1c(Br)ccc2nc(-c3ccc([N+](=O)[O-])o3)c(N)n12. The molecule has 3 aromatic heterocycles. The number of nitrogens with zero attached hydrogens (tertiary/aromatic N) is 3. The van der Waals surface area contributed by atoms with E-state index < -0.39 is 4.92 Å². The Hall–Kier alpha value is -2.35. The van der Waals surface area contributed by atoms with Gasteiger partial charge in [0.05, 0.1) is 6.07 Å². The van der Waals surface area contributed by atoms with Crippen LogP contribution in [0, 0.1) is 17.0 Å². The number of furan rings is 1. The maximum absolute atomic E-state index is 10.7. The molecule has 3 aromatic rings. The maximum atomic E-state index is 10.7. The van der Waals surface area contributed by atoms with Gasteiger partial charge in [0.25, 0.3) is 0 Å². The van der Waals surface area contributed by atoms with Crippen molar-refractivity contribution in [3.8, 4) is 11.5 Å². The van der Waals surface area contributed by atoms with Gasteiger partial charge in [0.2, 0.25) is 0 Å². The lowest BCUT2D eigenvalue weighted by Crippen LogP contribution is -1.98. The molecule has 0 atom stereocenters. The van der Waals surface area contributed by atoms with Crippen LogP contribution in [0.4, 0.5) is 11.7 Å². The van der Waals surface area contributed by atoms with Crippen LogP contribution in [0.3, 0.4) is 0 Å². The van der Waals surface area contributed by atoms with E-state index >= 15 is 0 Å². The van der Waals surface area contributed by atoms with Crippen LogP contribution < -0.4 is 5.73 Å². The zero-order valence-corrected chi connectivity index (χ0v) is 11.9. The second kappa shape index (κ2) is 4.34. The van der Waals surface area contributed by atoms with Crippen molar-refractivity contribution in [2.75, 3.05) is 5.73 Å². The van der Waals surface area contributed by atoms with Crippen LogP contribution in [-0.4, -0.2) is 14.3 Å². The largest absolute Gasteiger partial charge is 0.433 e. The van der Waals surface area contributed by atoms with E-state index in [4.69, 9.17) is 10.2 Å². The molecule has 0 aliphatic rings. The fourth-order valence-corrected chi connectivity index (χ4v) is 2.33. The third-order valence-corrected chi connectivity index (χ3v) is 3.84. The van der Waals surface area contributed by atoms with Crippen LogP contribution in [0.25, 0.3) is 17.1 Å². The van der Waals surface area contributed by atoms with Crippen molar-refractivity contribution in [2.24, 2.45) is 0 Å². The van der Waals surface area contributed by atoms with Gasteiger partial charge in [-0.15, -0.1) is 0 Å². The number of nitrogen functional groups attached to an aromatic ring is 1. The second-order valence-electron chi connectivity index (χ2n) is 4.20. The molecule has 8 heteroatoms. The summed E-state index contributed by atoms with van der Waals surface area (Å²) in [5.74, 6) is 0.311. The third kappa shape index (κ3) is 1.76. The first-order valence-corrected chi connectivity index (χ1v) is 6.46. The minimum Gasteiger partial charge on any atom is -0.399 e. The lowest BCUT2D eigenvalue weighted by atomic mass is 10.3. The molecule has 20 heavy (non-hydrogen) atoms. The van der Waals surface area contributed by atoms with E-state index in [0.717, 1.165) is 10.2 Å². The van der Waals surface area contributed by atoms with Gasteiger partial charge in [0.1, 0.15) is 22.1 Å². The van der Waals surface area contributed by atoms with Crippen molar-refractivity contribution in [3.63, 3.8) is 0 Å². The Morgan fingerprint density at radius 3 is 2.80 bits per heavy atom. The number of rotatable bonds is 2. The van der Waals surface area contributed by atoms with Gasteiger partial charge in [-0.1, -0.05) is 0 Å². The van der Waals surface area contributed by atoms with Crippen molar-refractivity contribution in [3.05, 3.63) is 44.5 Å². The summed E-state index contributed by atoms with van der Waals surface area (Å²) in [5.41, 5.74) is 8.00.